The molecule has 1 aromatic rings. The Kier molecular flexibility index (Phi) is 7.61. The minimum atomic E-state index is -3.80. The highest BCUT2D eigenvalue weighted by atomic mass is 32.2. The smallest absolute Gasteiger partial charge is 0.241 e. The van der Waals surface area contributed by atoms with Gasteiger partial charge in [-0.15, -0.1) is 0 Å². The van der Waals surface area contributed by atoms with Crippen LogP contribution in [0, 0.1) is 6.92 Å². The number of nitrogens with two attached hydrogens (primary N) is 2. The molecule has 0 spiro atoms. The molecule has 8 nitrogen and oxygen atoms in total. The van der Waals surface area contributed by atoms with Gasteiger partial charge in [0, 0.05) is 19.6 Å². The number of guanidine groups is 1. The SMILES string of the molecule is Cc1cccc(S(=O)(=O)N[C@@H](CCCN=C(N)N)C(=O)N2CCCCC2)c1. The van der Waals surface area contributed by atoms with Crippen LogP contribution in [0.5, 0.6) is 0 Å². The molecule has 0 saturated carbocycles. The van der Waals surface area contributed by atoms with Crippen molar-refractivity contribution in [3.8, 4) is 0 Å². The van der Waals surface area contributed by atoms with E-state index >= 15 is 0 Å². The Morgan fingerprint density at radius 3 is 2.59 bits per heavy atom. The first-order valence-electron chi connectivity index (χ1n) is 9.23. The average molecular weight is 396 g/mol. The van der Waals surface area contributed by atoms with Crippen LogP contribution in [0.1, 0.15) is 37.7 Å². The predicted molar refractivity (Wildman–Crippen MR) is 106 cm³/mol. The molecule has 1 fully saturated rings. The van der Waals surface area contributed by atoms with Crippen molar-refractivity contribution in [1.29, 1.82) is 0 Å². The lowest BCUT2D eigenvalue weighted by Crippen LogP contribution is -2.50. The van der Waals surface area contributed by atoms with Crippen LogP contribution in [-0.2, 0) is 14.8 Å². The van der Waals surface area contributed by atoms with Crippen LogP contribution in [0.4, 0.5) is 0 Å². The van der Waals surface area contributed by atoms with Gasteiger partial charge in [0.05, 0.1) is 4.90 Å². The third-order valence-electron chi connectivity index (χ3n) is 4.51. The van der Waals surface area contributed by atoms with E-state index in [1.807, 2.05) is 13.0 Å². The summed E-state index contributed by atoms with van der Waals surface area (Å²) in [6.07, 6.45) is 3.80. The van der Waals surface area contributed by atoms with Gasteiger partial charge >= 0.3 is 0 Å². The number of piperidine rings is 1. The monoisotopic (exact) mass is 395 g/mol. The van der Waals surface area contributed by atoms with Gasteiger partial charge in [0.2, 0.25) is 15.9 Å². The number of amides is 1. The van der Waals surface area contributed by atoms with Crippen LogP contribution in [0.15, 0.2) is 34.2 Å². The van der Waals surface area contributed by atoms with Gasteiger partial charge in [-0.1, -0.05) is 12.1 Å². The summed E-state index contributed by atoms with van der Waals surface area (Å²) in [5.74, 6) is -0.204. The number of carbonyl (C=O) groups is 1. The van der Waals surface area contributed by atoms with Crippen molar-refractivity contribution in [2.75, 3.05) is 19.6 Å². The molecule has 1 saturated heterocycles. The minimum Gasteiger partial charge on any atom is -0.370 e. The highest BCUT2D eigenvalue weighted by Crippen LogP contribution is 2.16. The first-order chi connectivity index (χ1) is 12.8. The van der Waals surface area contributed by atoms with Crippen molar-refractivity contribution in [1.82, 2.24) is 9.62 Å². The Morgan fingerprint density at radius 2 is 1.96 bits per heavy atom. The third-order valence-corrected chi connectivity index (χ3v) is 5.98. The van der Waals surface area contributed by atoms with E-state index in [1.54, 1.807) is 17.0 Å². The zero-order valence-corrected chi connectivity index (χ0v) is 16.5. The van der Waals surface area contributed by atoms with Crippen molar-refractivity contribution in [3.05, 3.63) is 29.8 Å². The molecule has 0 aliphatic carbocycles. The van der Waals surface area contributed by atoms with Crippen molar-refractivity contribution >= 4 is 21.9 Å². The normalized spacial score (nSPS) is 16.0. The summed E-state index contributed by atoms with van der Waals surface area (Å²) in [4.78, 5) is 18.7. The molecule has 0 radical (unpaired) electrons. The van der Waals surface area contributed by atoms with E-state index in [0.717, 1.165) is 24.8 Å². The summed E-state index contributed by atoms with van der Waals surface area (Å²) in [7, 11) is -3.80. The van der Waals surface area contributed by atoms with Crippen LogP contribution in [0.25, 0.3) is 0 Å². The topological polar surface area (TPSA) is 131 Å². The van der Waals surface area contributed by atoms with Crippen LogP contribution in [-0.4, -0.2) is 50.9 Å². The standard InChI is InChI=1S/C18H29N5O3S/c1-14-7-5-8-15(13-14)27(25,26)22-16(9-6-10-21-18(19)20)17(24)23-11-3-2-4-12-23/h5,7-8,13,16,22H,2-4,6,9-12H2,1H3,(H4,19,20,21)/t16-/m0/s1. The Hall–Kier alpha value is -2.13. The summed E-state index contributed by atoms with van der Waals surface area (Å²) in [6, 6.07) is 5.79. The maximum absolute atomic E-state index is 12.9. The first kappa shape index (κ1) is 21.2. The van der Waals surface area contributed by atoms with Crippen molar-refractivity contribution in [3.63, 3.8) is 0 Å². The van der Waals surface area contributed by atoms with Gasteiger partial charge in [0.25, 0.3) is 0 Å². The summed E-state index contributed by atoms with van der Waals surface area (Å²) < 4.78 is 28.1. The molecular formula is C18H29N5O3S. The number of nitrogens with zero attached hydrogens (tertiary/aromatic N) is 2. The molecule has 1 aliphatic rings. The van der Waals surface area contributed by atoms with E-state index < -0.39 is 16.1 Å². The molecule has 1 atom stereocenters. The fourth-order valence-electron chi connectivity index (χ4n) is 3.11. The van der Waals surface area contributed by atoms with Crippen molar-refractivity contribution < 1.29 is 13.2 Å². The average Bonchev–Trinajstić information content (AvgIpc) is 2.64. The number of benzene rings is 1. The number of aryl methyl sites for hydroxylation is 1. The van der Waals surface area contributed by atoms with Gasteiger partial charge in [0.1, 0.15) is 6.04 Å². The third kappa shape index (κ3) is 6.51. The summed E-state index contributed by atoms with van der Waals surface area (Å²) in [5.41, 5.74) is 11.5. The number of hydrogen-bond acceptors (Lipinski definition) is 4. The zero-order chi connectivity index (χ0) is 19.9. The second-order valence-electron chi connectivity index (χ2n) is 6.83. The Morgan fingerprint density at radius 1 is 1.26 bits per heavy atom. The largest absolute Gasteiger partial charge is 0.370 e. The van der Waals surface area contributed by atoms with Gasteiger partial charge in [-0.3, -0.25) is 9.79 Å². The molecule has 1 heterocycles. The Labute approximate surface area is 161 Å². The molecule has 0 aromatic heterocycles. The van der Waals surface area contributed by atoms with Gasteiger partial charge in [0.15, 0.2) is 5.96 Å². The van der Waals surface area contributed by atoms with E-state index in [0.29, 0.717) is 32.5 Å². The fourth-order valence-corrected chi connectivity index (χ4v) is 4.44. The molecule has 9 heteroatoms. The number of carbonyl (C=O) groups excluding carboxylic acids is 1. The number of rotatable bonds is 8. The second-order valence-corrected chi connectivity index (χ2v) is 8.54. The van der Waals surface area contributed by atoms with Gasteiger partial charge in [-0.2, -0.15) is 4.72 Å². The van der Waals surface area contributed by atoms with Crippen LogP contribution >= 0.6 is 0 Å². The van der Waals surface area contributed by atoms with Crippen LogP contribution in [0.2, 0.25) is 0 Å². The maximum atomic E-state index is 12.9. The second kappa shape index (κ2) is 9.70. The number of likely N-dealkylation sites (tertiary alicyclic amines) is 1. The molecule has 0 bridgehead atoms. The lowest BCUT2D eigenvalue weighted by Gasteiger charge is -2.30. The Bertz CT molecular complexity index is 769. The Balaban J connectivity index is 2.14. The van der Waals surface area contributed by atoms with E-state index in [-0.39, 0.29) is 16.8 Å². The lowest BCUT2D eigenvalue weighted by atomic mass is 10.1. The first-order valence-corrected chi connectivity index (χ1v) is 10.7. The molecule has 150 valence electrons. The van der Waals surface area contributed by atoms with Gasteiger partial charge in [-0.25, -0.2) is 8.42 Å². The molecule has 27 heavy (non-hydrogen) atoms. The summed E-state index contributed by atoms with van der Waals surface area (Å²) >= 11 is 0. The van der Waals surface area contributed by atoms with E-state index in [2.05, 4.69) is 9.71 Å². The minimum absolute atomic E-state index is 0.0192. The highest BCUT2D eigenvalue weighted by Gasteiger charge is 2.29. The number of nitrogens with one attached hydrogen (secondary N) is 1. The lowest BCUT2D eigenvalue weighted by molar-refractivity contribution is -0.134. The summed E-state index contributed by atoms with van der Waals surface area (Å²) in [5, 5.41) is 0. The summed E-state index contributed by atoms with van der Waals surface area (Å²) in [6.45, 7) is 3.49. The fraction of sp³-hybridized carbons (Fsp3) is 0.556. The van der Waals surface area contributed by atoms with Gasteiger partial charge < -0.3 is 16.4 Å². The predicted octanol–water partition coefficient (Wildman–Crippen LogP) is 0.708. The highest BCUT2D eigenvalue weighted by molar-refractivity contribution is 7.89. The molecule has 1 aromatic carbocycles. The number of hydrogen-bond donors (Lipinski definition) is 3. The van der Waals surface area contributed by atoms with Crippen LogP contribution < -0.4 is 16.2 Å². The molecule has 0 unspecified atom stereocenters. The zero-order valence-electron chi connectivity index (χ0n) is 15.7. The molecule has 5 N–H and O–H groups in total. The van der Waals surface area contributed by atoms with Crippen LogP contribution in [0.3, 0.4) is 0 Å². The van der Waals surface area contributed by atoms with Crippen molar-refractivity contribution in [2.45, 2.75) is 50.0 Å². The molecule has 1 amide bonds. The quantitative estimate of drug-likeness (QED) is 0.339. The molecule has 1 aliphatic heterocycles. The van der Waals surface area contributed by atoms with E-state index in [9.17, 15) is 13.2 Å². The van der Waals surface area contributed by atoms with Crippen molar-refractivity contribution in [2.24, 2.45) is 16.5 Å². The van der Waals surface area contributed by atoms with E-state index in [4.69, 9.17) is 11.5 Å². The van der Waals surface area contributed by atoms with E-state index in [1.165, 1.54) is 6.07 Å². The van der Waals surface area contributed by atoms with Gasteiger partial charge in [-0.05, 0) is 56.7 Å². The molecule has 2 rings (SSSR count). The number of sulfonamides is 1. The maximum Gasteiger partial charge on any atom is 0.241 e. The molecular weight excluding hydrogens is 366 g/mol. The number of aliphatic imine (C=N–C) groups is 1.